The van der Waals surface area contributed by atoms with Gasteiger partial charge in [-0.2, -0.15) is 0 Å². The van der Waals surface area contributed by atoms with Crippen molar-refractivity contribution in [1.82, 2.24) is 4.90 Å². The van der Waals surface area contributed by atoms with Gasteiger partial charge in [0.25, 0.3) is 5.91 Å². The zero-order chi connectivity index (χ0) is 27.7. The summed E-state index contributed by atoms with van der Waals surface area (Å²) in [6.07, 6.45) is 15.8. The van der Waals surface area contributed by atoms with E-state index in [9.17, 15) is 4.79 Å². The van der Waals surface area contributed by atoms with E-state index in [0.717, 1.165) is 30.1 Å². The molecular weight excluding hydrogens is 504 g/mol. The molecule has 1 N–H and O–H groups in total. The summed E-state index contributed by atoms with van der Waals surface area (Å²) in [5.74, 6) is 2.05. The van der Waals surface area contributed by atoms with Crippen molar-refractivity contribution in [3.63, 3.8) is 0 Å². The maximum Gasteiger partial charge on any atom is 0.255 e. The molecule has 214 valence electrons. The number of rotatable bonds is 19. The zero-order valence-electron chi connectivity index (χ0n) is 24.3. The van der Waals surface area contributed by atoms with Gasteiger partial charge in [0, 0.05) is 23.5 Å². The first-order chi connectivity index (χ1) is 19.1. The SMILES string of the molecule is CCCCCCCCCCCCCCOc1ccc(C(=O)Nc2ccccc2CN2CSC=C2C)cc1OC. The number of ether oxygens (including phenoxy) is 2. The van der Waals surface area contributed by atoms with Gasteiger partial charge in [-0.25, -0.2) is 0 Å². The molecule has 1 heterocycles. The van der Waals surface area contributed by atoms with E-state index in [2.05, 4.69) is 35.5 Å². The molecule has 1 amide bonds. The number of thioether (sulfide) groups is 1. The van der Waals surface area contributed by atoms with Gasteiger partial charge in [0.1, 0.15) is 0 Å². The fourth-order valence-electron chi connectivity index (χ4n) is 4.83. The molecule has 0 spiro atoms. The lowest BCUT2D eigenvalue weighted by atomic mass is 10.1. The van der Waals surface area contributed by atoms with E-state index in [0.29, 0.717) is 23.7 Å². The van der Waals surface area contributed by atoms with E-state index < -0.39 is 0 Å². The van der Waals surface area contributed by atoms with E-state index in [-0.39, 0.29) is 5.91 Å². The smallest absolute Gasteiger partial charge is 0.255 e. The highest BCUT2D eigenvalue weighted by atomic mass is 32.2. The van der Waals surface area contributed by atoms with Crippen LogP contribution < -0.4 is 14.8 Å². The minimum atomic E-state index is -0.156. The van der Waals surface area contributed by atoms with Crippen LogP contribution in [-0.2, 0) is 6.54 Å². The predicted octanol–water partition coefficient (Wildman–Crippen LogP) is 9.39. The van der Waals surface area contributed by atoms with Crippen LogP contribution in [0.3, 0.4) is 0 Å². The number of benzene rings is 2. The summed E-state index contributed by atoms with van der Waals surface area (Å²) in [5.41, 5.74) is 3.73. The maximum absolute atomic E-state index is 13.1. The highest BCUT2D eigenvalue weighted by molar-refractivity contribution is 8.02. The van der Waals surface area contributed by atoms with Crippen molar-refractivity contribution in [2.24, 2.45) is 0 Å². The largest absolute Gasteiger partial charge is 0.493 e. The molecule has 3 rings (SSSR count). The second kappa shape index (κ2) is 17.9. The van der Waals surface area contributed by atoms with E-state index in [1.165, 1.54) is 76.3 Å². The Labute approximate surface area is 240 Å². The average Bonchev–Trinajstić information content (AvgIpc) is 3.36. The number of amides is 1. The molecule has 2 aromatic carbocycles. The summed E-state index contributed by atoms with van der Waals surface area (Å²) in [7, 11) is 1.62. The number of hydrogen-bond acceptors (Lipinski definition) is 5. The second-order valence-corrected chi connectivity index (χ2v) is 11.3. The van der Waals surface area contributed by atoms with Crippen LogP contribution >= 0.6 is 11.8 Å². The number of para-hydroxylation sites is 1. The summed E-state index contributed by atoms with van der Waals surface area (Å²) in [5, 5.41) is 5.27. The van der Waals surface area contributed by atoms with Crippen molar-refractivity contribution in [3.05, 3.63) is 64.7 Å². The molecule has 6 heteroatoms. The van der Waals surface area contributed by atoms with Gasteiger partial charge in [-0.3, -0.25) is 4.79 Å². The third-order valence-corrected chi connectivity index (χ3v) is 8.26. The third-order valence-electron chi connectivity index (χ3n) is 7.29. The van der Waals surface area contributed by atoms with Crippen LogP contribution in [0, 0.1) is 0 Å². The molecule has 0 atom stereocenters. The molecule has 1 aliphatic rings. The van der Waals surface area contributed by atoms with Gasteiger partial charge in [0.05, 0.1) is 19.6 Å². The lowest BCUT2D eigenvalue weighted by Crippen LogP contribution is -2.19. The molecule has 0 saturated heterocycles. The van der Waals surface area contributed by atoms with Gasteiger partial charge in [-0.15, -0.1) is 11.8 Å². The van der Waals surface area contributed by atoms with Gasteiger partial charge < -0.3 is 19.7 Å². The molecule has 39 heavy (non-hydrogen) atoms. The van der Waals surface area contributed by atoms with Crippen molar-refractivity contribution >= 4 is 23.4 Å². The van der Waals surface area contributed by atoms with Gasteiger partial charge >= 0.3 is 0 Å². The van der Waals surface area contributed by atoms with Crippen LogP contribution in [0.15, 0.2) is 53.6 Å². The molecule has 0 aromatic heterocycles. The molecule has 0 aliphatic carbocycles. The number of allylic oxidation sites excluding steroid dienone is 1. The van der Waals surface area contributed by atoms with Crippen molar-refractivity contribution in [1.29, 1.82) is 0 Å². The first kappa shape index (κ1) is 30.9. The molecule has 0 radical (unpaired) electrons. The van der Waals surface area contributed by atoms with Gasteiger partial charge in [0.15, 0.2) is 11.5 Å². The predicted molar refractivity (Wildman–Crippen MR) is 166 cm³/mol. The molecule has 0 bridgehead atoms. The second-order valence-electron chi connectivity index (χ2n) is 10.5. The third kappa shape index (κ3) is 10.8. The monoisotopic (exact) mass is 552 g/mol. The quantitative estimate of drug-likeness (QED) is 0.176. The van der Waals surface area contributed by atoms with Crippen LogP contribution in [0.1, 0.15) is 107 Å². The van der Waals surface area contributed by atoms with E-state index >= 15 is 0 Å². The minimum absolute atomic E-state index is 0.156. The Hall–Kier alpha value is -2.60. The molecule has 0 unspecified atom stereocenters. The standard InChI is InChI=1S/C33H48N2O3S/c1-4-5-6-7-8-9-10-11-12-13-14-17-22-38-31-21-20-28(23-32(31)37-3)33(36)34-30-19-16-15-18-29(30)24-35-26-39-25-27(35)2/h15-16,18-21,23,25H,4-14,17,22,24,26H2,1-3H3,(H,34,36). The molecule has 0 fully saturated rings. The first-order valence-corrected chi connectivity index (χ1v) is 15.9. The van der Waals surface area contributed by atoms with Gasteiger partial charge in [-0.05, 0) is 48.6 Å². The fourth-order valence-corrected chi connectivity index (χ4v) is 5.77. The number of hydrogen-bond donors (Lipinski definition) is 1. The summed E-state index contributed by atoms with van der Waals surface area (Å²) in [6.45, 7) is 5.82. The van der Waals surface area contributed by atoms with E-state index in [1.807, 2.05) is 30.3 Å². The Balaban J connectivity index is 1.39. The number of carbonyl (C=O) groups is 1. The van der Waals surface area contributed by atoms with Crippen molar-refractivity contribution in [2.75, 3.05) is 24.9 Å². The number of carbonyl (C=O) groups excluding carboxylic acids is 1. The summed E-state index contributed by atoms with van der Waals surface area (Å²) >= 11 is 1.80. The highest BCUT2D eigenvalue weighted by Gasteiger charge is 2.16. The maximum atomic E-state index is 13.1. The van der Waals surface area contributed by atoms with Crippen LogP contribution in [-0.4, -0.2) is 30.4 Å². The summed E-state index contributed by atoms with van der Waals surface area (Å²) < 4.78 is 11.6. The number of unbranched alkanes of at least 4 members (excludes halogenated alkanes) is 11. The zero-order valence-corrected chi connectivity index (χ0v) is 25.1. The van der Waals surface area contributed by atoms with Crippen molar-refractivity contribution < 1.29 is 14.3 Å². The minimum Gasteiger partial charge on any atom is -0.493 e. The van der Waals surface area contributed by atoms with Crippen molar-refractivity contribution in [2.45, 2.75) is 97.4 Å². The van der Waals surface area contributed by atoms with Crippen LogP contribution in [0.25, 0.3) is 0 Å². The van der Waals surface area contributed by atoms with Gasteiger partial charge in [-0.1, -0.05) is 95.8 Å². The van der Waals surface area contributed by atoms with Crippen LogP contribution in [0.4, 0.5) is 5.69 Å². The molecule has 5 nitrogen and oxygen atoms in total. The Morgan fingerprint density at radius 2 is 1.56 bits per heavy atom. The number of anilines is 1. The summed E-state index contributed by atoms with van der Waals surface area (Å²) in [4.78, 5) is 15.4. The van der Waals surface area contributed by atoms with E-state index in [1.54, 1.807) is 24.9 Å². The highest BCUT2D eigenvalue weighted by Crippen LogP contribution is 2.30. The molecule has 1 aliphatic heterocycles. The normalized spacial score (nSPS) is 12.9. The molecule has 0 saturated carbocycles. The Morgan fingerprint density at radius 1 is 0.897 bits per heavy atom. The lowest BCUT2D eigenvalue weighted by Gasteiger charge is -2.21. The lowest BCUT2D eigenvalue weighted by molar-refractivity contribution is 0.102. The van der Waals surface area contributed by atoms with Crippen LogP contribution in [0.5, 0.6) is 11.5 Å². The Bertz CT molecular complexity index is 1040. The van der Waals surface area contributed by atoms with Crippen molar-refractivity contribution in [3.8, 4) is 11.5 Å². The first-order valence-electron chi connectivity index (χ1n) is 14.9. The number of nitrogens with zero attached hydrogens (tertiary/aromatic N) is 1. The topological polar surface area (TPSA) is 50.8 Å². The Kier molecular flexibility index (Phi) is 14.2. The molecule has 2 aromatic rings. The van der Waals surface area contributed by atoms with Crippen LogP contribution in [0.2, 0.25) is 0 Å². The average molecular weight is 553 g/mol. The van der Waals surface area contributed by atoms with E-state index in [4.69, 9.17) is 9.47 Å². The van der Waals surface area contributed by atoms with Gasteiger partial charge in [0.2, 0.25) is 0 Å². The fraction of sp³-hybridized carbons (Fsp3) is 0.545. The number of nitrogens with one attached hydrogen (secondary N) is 1. The Morgan fingerprint density at radius 3 is 2.21 bits per heavy atom. The summed E-state index contributed by atoms with van der Waals surface area (Å²) in [6, 6.07) is 13.4. The number of methoxy groups -OCH3 is 1. The molecular formula is C33H48N2O3S.